The van der Waals surface area contributed by atoms with E-state index in [1.165, 1.54) is 25.1 Å². The van der Waals surface area contributed by atoms with Crippen LogP contribution in [0.4, 0.5) is 4.79 Å². The van der Waals surface area contributed by atoms with E-state index in [0.717, 1.165) is 23.5 Å². The highest BCUT2D eigenvalue weighted by Crippen LogP contribution is 2.46. The van der Waals surface area contributed by atoms with E-state index in [1.54, 1.807) is 51.1 Å². The van der Waals surface area contributed by atoms with E-state index in [4.69, 9.17) is 28.0 Å². The van der Waals surface area contributed by atoms with Crippen molar-refractivity contribution in [1.29, 1.82) is 0 Å². The molecule has 0 spiro atoms. The van der Waals surface area contributed by atoms with Crippen LogP contribution in [0.3, 0.4) is 0 Å². The van der Waals surface area contributed by atoms with Crippen molar-refractivity contribution in [3.63, 3.8) is 0 Å². The van der Waals surface area contributed by atoms with Crippen molar-refractivity contribution in [2.45, 2.75) is 96.4 Å². The van der Waals surface area contributed by atoms with Gasteiger partial charge in [0.15, 0.2) is 6.73 Å². The van der Waals surface area contributed by atoms with Gasteiger partial charge < -0.3 is 28.6 Å². The minimum absolute atomic E-state index is 0.121. The molecular weight excluding hydrogens is 679 g/mol. The number of esters is 2. The Balaban J connectivity index is 1.28. The Labute approximate surface area is 287 Å². The Morgan fingerprint density at radius 3 is 2.50 bits per heavy atom. The summed E-state index contributed by atoms with van der Waals surface area (Å²) in [6, 6.07) is 7.06. The van der Waals surface area contributed by atoms with Gasteiger partial charge in [0.25, 0.3) is 5.56 Å². The fourth-order valence-corrected chi connectivity index (χ4v) is 8.07. The summed E-state index contributed by atoms with van der Waals surface area (Å²) in [5.74, 6) is -2.13. The Morgan fingerprint density at radius 2 is 1.82 bits per heavy atom. The number of rotatable bonds is 13. The van der Waals surface area contributed by atoms with Gasteiger partial charge >= 0.3 is 31.5 Å². The van der Waals surface area contributed by atoms with E-state index in [1.807, 2.05) is 0 Å². The summed E-state index contributed by atoms with van der Waals surface area (Å²) in [6.45, 7) is 5.16. The Kier molecular flexibility index (Phi) is 11.5. The lowest BCUT2D eigenvalue weighted by Gasteiger charge is -2.32. The van der Waals surface area contributed by atoms with Gasteiger partial charge in [-0.2, -0.15) is 5.09 Å². The number of piperidine rings is 1. The van der Waals surface area contributed by atoms with Crippen molar-refractivity contribution in [3.8, 4) is 5.75 Å². The number of nitrogens with zero attached hydrogens (tertiary/aromatic N) is 3. The molecule has 18 heteroatoms. The second-order valence-corrected chi connectivity index (χ2v) is 14.6. The van der Waals surface area contributed by atoms with Gasteiger partial charge in [-0.15, -0.1) is 0 Å². The van der Waals surface area contributed by atoms with Gasteiger partial charge in [0.2, 0.25) is 0 Å². The third-order valence-corrected chi connectivity index (χ3v) is 10.7. The molecule has 4 unspecified atom stereocenters. The zero-order valence-electron chi connectivity index (χ0n) is 28.4. The zero-order chi connectivity index (χ0) is 36.3. The highest BCUT2D eigenvalue weighted by atomic mass is 31.2. The molecule has 2 aromatic rings. The molecule has 2 saturated heterocycles. The number of ether oxygens (including phenoxy) is 4. The van der Waals surface area contributed by atoms with E-state index < -0.39 is 92.9 Å². The van der Waals surface area contributed by atoms with E-state index in [0.29, 0.717) is 11.0 Å². The highest BCUT2D eigenvalue weighted by molar-refractivity contribution is 7.52. The van der Waals surface area contributed by atoms with Gasteiger partial charge in [-0.3, -0.25) is 23.6 Å². The molecule has 1 saturated carbocycles. The van der Waals surface area contributed by atoms with Crippen molar-refractivity contribution in [3.05, 3.63) is 63.4 Å². The number of nitrogens with one attached hydrogen (secondary N) is 1. The van der Waals surface area contributed by atoms with Gasteiger partial charge in [0, 0.05) is 24.2 Å². The van der Waals surface area contributed by atoms with Crippen LogP contribution >= 0.6 is 7.75 Å². The summed E-state index contributed by atoms with van der Waals surface area (Å²) >= 11 is 0. The molecule has 1 aromatic carbocycles. The first-order valence-electron chi connectivity index (χ1n) is 16.4. The largest absolute Gasteiger partial charge is 0.462 e. The summed E-state index contributed by atoms with van der Waals surface area (Å²) in [5.41, 5.74) is -1.64. The number of para-hydroxylation sites is 1. The van der Waals surface area contributed by atoms with Crippen LogP contribution in [0.5, 0.6) is 5.75 Å². The molecular formula is C32H43N4O13P. The van der Waals surface area contributed by atoms with Gasteiger partial charge in [0.05, 0.1) is 25.9 Å². The third-order valence-electron chi connectivity index (χ3n) is 9.04. The average molecular weight is 723 g/mol. The number of benzene rings is 1. The quantitative estimate of drug-likeness (QED) is 0.173. The number of carbonyl (C=O) groups is 3. The van der Waals surface area contributed by atoms with Gasteiger partial charge in [-0.05, 0) is 58.1 Å². The minimum Gasteiger partial charge on any atom is -0.462 e. The number of carbonyl (C=O) groups excluding carboxylic acids is 3. The predicted molar refractivity (Wildman–Crippen MR) is 174 cm³/mol. The Morgan fingerprint density at radius 1 is 1.10 bits per heavy atom. The molecule has 2 N–H and O–H groups in total. The first-order valence-corrected chi connectivity index (χ1v) is 17.9. The second kappa shape index (κ2) is 15.5. The number of aliphatic hydroxyl groups is 1. The van der Waals surface area contributed by atoms with Crippen molar-refractivity contribution >= 4 is 25.8 Å². The SMILES string of the molecule is COC(=O)N1C2CCC(C2)C1C(=O)OCn1c(=O)ccn([C@@H]2O[C@H](COP(=O)(N[C@@H](C)C(=O)OC(C)C)Oc3ccccc3)[C@@H](O)[C@@H]2C)c1=O. The summed E-state index contributed by atoms with van der Waals surface area (Å²) in [7, 11) is -3.06. The van der Waals surface area contributed by atoms with Crippen LogP contribution in [0.1, 0.15) is 53.2 Å². The number of fused-ring (bicyclic) bond motifs is 2. The molecule has 2 aliphatic heterocycles. The van der Waals surface area contributed by atoms with Crippen LogP contribution in [0, 0.1) is 11.8 Å². The standard InChI is InChI=1S/C32H43N4O13P/c1-18(2)47-29(39)20(4)33-50(43,49-23-9-7-6-8-10-23)46-16-24-27(38)19(3)28(48-24)34-14-13-25(37)35(31(34)41)17-45-30(40)26-21-11-12-22(15-21)36(26)32(42)44-5/h6-10,13-14,18-22,24,26-28,38H,11-12,15-17H2,1-5H3,(H,33,43)/t19-,20-,21?,22?,24+,26?,27-,28+,50?/m0/s1. The molecule has 3 aliphatic rings. The van der Waals surface area contributed by atoms with E-state index in [-0.39, 0.29) is 17.7 Å². The maximum Gasteiger partial charge on any atom is 0.459 e. The number of aliphatic hydroxyl groups excluding tert-OH is 1. The number of likely N-dealkylation sites (tertiary alicyclic amines) is 1. The predicted octanol–water partition coefficient (Wildman–Crippen LogP) is 2.16. The van der Waals surface area contributed by atoms with Crippen molar-refractivity contribution in [1.82, 2.24) is 19.1 Å². The maximum atomic E-state index is 13.9. The molecule has 274 valence electrons. The second-order valence-electron chi connectivity index (χ2n) is 12.9. The molecule has 2 bridgehead atoms. The van der Waals surface area contributed by atoms with Crippen molar-refractivity contribution < 1.29 is 52.1 Å². The number of hydrogen-bond acceptors (Lipinski definition) is 13. The van der Waals surface area contributed by atoms with Crippen LogP contribution in [0.2, 0.25) is 0 Å². The monoisotopic (exact) mass is 722 g/mol. The first kappa shape index (κ1) is 37.2. The average Bonchev–Trinajstić information content (AvgIpc) is 3.77. The first-order chi connectivity index (χ1) is 23.7. The summed E-state index contributed by atoms with van der Waals surface area (Å²) in [5, 5.41) is 13.6. The molecule has 0 radical (unpaired) electrons. The van der Waals surface area contributed by atoms with Crippen LogP contribution in [-0.2, 0) is 44.4 Å². The fourth-order valence-electron chi connectivity index (χ4n) is 6.57. The molecule has 1 aromatic heterocycles. The lowest BCUT2D eigenvalue weighted by atomic mass is 9.99. The maximum absolute atomic E-state index is 13.9. The Hall–Kier alpha value is -4.02. The molecule has 3 heterocycles. The van der Waals surface area contributed by atoms with E-state index in [9.17, 15) is 33.6 Å². The number of hydrogen-bond donors (Lipinski definition) is 2. The van der Waals surface area contributed by atoms with Crippen LogP contribution < -0.4 is 20.9 Å². The normalized spacial score (nSPS) is 27.5. The molecule has 50 heavy (non-hydrogen) atoms. The Bertz CT molecular complexity index is 1720. The van der Waals surface area contributed by atoms with Gasteiger partial charge in [-0.1, -0.05) is 25.1 Å². The molecule has 1 aliphatic carbocycles. The fraction of sp³-hybridized carbons (Fsp3) is 0.594. The topological polar surface area (TPSA) is 203 Å². The van der Waals surface area contributed by atoms with Gasteiger partial charge in [0.1, 0.15) is 30.2 Å². The summed E-state index contributed by atoms with van der Waals surface area (Å²) in [4.78, 5) is 65.6. The molecule has 1 amide bonds. The lowest BCUT2D eigenvalue weighted by molar-refractivity contribution is -0.155. The number of amides is 1. The molecule has 3 fully saturated rings. The minimum atomic E-state index is -4.29. The van der Waals surface area contributed by atoms with E-state index >= 15 is 0 Å². The molecule has 17 nitrogen and oxygen atoms in total. The zero-order valence-corrected chi connectivity index (χ0v) is 29.3. The van der Waals surface area contributed by atoms with Crippen molar-refractivity contribution in [2.24, 2.45) is 11.8 Å². The molecule has 5 rings (SSSR count). The number of methoxy groups -OCH3 is 1. The van der Waals surface area contributed by atoms with Gasteiger partial charge in [-0.25, -0.2) is 23.5 Å². The summed E-state index contributed by atoms with van der Waals surface area (Å²) < 4.78 is 48.4. The van der Waals surface area contributed by atoms with Crippen LogP contribution in [0.15, 0.2) is 52.2 Å². The van der Waals surface area contributed by atoms with Crippen LogP contribution in [-0.4, -0.2) is 87.3 Å². The smallest absolute Gasteiger partial charge is 0.459 e. The lowest BCUT2D eigenvalue weighted by Crippen LogP contribution is -2.50. The third kappa shape index (κ3) is 7.97. The van der Waals surface area contributed by atoms with Crippen LogP contribution in [0.25, 0.3) is 0 Å². The van der Waals surface area contributed by atoms with E-state index in [2.05, 4.69) is 5.09 Å². The molecule has 9 atom stereocenters. The highest BCUT2D eigenvalue weighted by Gasteiger charge is 2.53. The summed E-state index contributed by atoms with van der Waals surface area (Å²) in [6.07, 6.45) is -1.26. The van der Waals surface area contributed by atoms with Crippen molar-refractivity contribution in [2.75, 3.05) is 13.7 Å². The number of aromatic nitrogens is 2.